The Morgan fingerprint density at radius 2 is 1.39 bits per heavy atom. The maximum atomic E-state index is 11.2. The predicted molar refractivity (Wildman–Crippen MR) is 124 cm³/mol. The van der Waals surface area contributed by atoms with E-state index in [0.717, 1.165) is 69.2 Å². The number of nitrogens with one attached hydrogen (secondary N) is 1. The first kappa shape index (κ1) is 21.3. The molecule has 8 nitrogen and oxygen atoms in total. The highest BCUT2D eigenvalue weighted by atomic mass is 16.4. The lowest BCUT2D eigenvalue weighted by molar-refractivity contribution is -0.0173. The van der Waals surface area contributed by atoms with Gasteiger partial charge in [0.2, 0.25) is 0 Å². The maximum Gasteiger partial charge on any atom is 0.409 e. The van der Waals surface area contributed by atoms with Gasteiger partial charge in [-0.2, -0.15) is 0 Å². The van der Waals surface area contributed by atoms with E-state index in [1.807, 2.05) is 36.4 Å². The second kappa shape index (κ2) is 9.03. The molecule has 0 aromatic heterocycles. The Balaban J connectivity index is 1.25. The topological polar surface area (TPSA) is 105 Å². The van der Waals surface area contributed by atoms with Gasteiger partial charge in [-0.1, -0.05) is 0 Å². The fourth-order valence-electron chi connectivity index (χ4n) is 4.48. The molecule has 0 aliphatic carbocycles. The van der Waals surface area contributed by atoms with E-state index in [1.165, 1.54) is 0 Å². The highest BCUT2D eigenvalue weighted by Crippen LogP contribution is 2.28. The van der Waals surface area contributed by atoms with Crippen LogP contribution in [-0.4, -0.2) is 72.6 Å². The summed E-state index contributed by atoms with van der Waals surface area (Å²) in [6.45, 7) is 5.98. The van der Waals surface area contributed by atoms with Gasteiger partial charge in [0.25, 0.3) is 0 Å². The van der Waals surface area contributed by atoms with Crippen molar-refractivity contribution in [3.8, 4) is 0 Å². The number of aliphatic hydroxyl groups is 1. The molecule has 5 N–H and O–H groups in total. The highest BCUT2D eigenvalue weighted by Gasteiger charge is 2.35. The summed E-state index contributed by atoms with van der Waals surface area (Å²) in [5.74, 6) is 0. The normalized spacial score (nSPS) is 19.3. The molecule has 2 fully saturated rings. The summed E-state index contributed by atoms with van der Waals surface area (Å²) in [6, 6.07) is 15.4. The summed E-state index contributed by atoms with van der Waals surface area (Å²) < 4.78 is 0. The third-order valence-corrected chi connectivity index (χ3v) is 6.33. The van der Waals surface area contributed by atoms with Crippen molar-refractivity contribution in [2.24, 2.45) is 0 Å². The van der Waals surface area contributed by atoms with E-state index >= 15 is 0 Å². The van der Waals surface area contributed by atoms with E-state index in [1.54, 1.807) is 12.1 Å². The largest absolute Gasteiger partial charge is 0.465 e. The second-order valence-corrected chi connectivity index (χ2v) is 8.54. The smallest absolute Gasteiger partial charge is 0.409 e. The average molecular weight is 426 g/mol. The van der Waals surface area contributed by atoms with Gasteiger partial charge in [0, 0.05) is 68.6 Å². The molecule has 2 heterocycles. The molecule has 2 aliphatic heterocycles. The van der Waals surface area contributed by atoms with E-state index in [2.05, 4.69) is 20.0 Å². The number of nitrogens with zero attached hydrogens (tertiary/aromatic N) is 3. The molecule has 31 heavy (non-hydrogen) atoms. The van der Waals surface area contributed by atoms with E-state index in [4.69, 9.17) is 10.8 Å². The summed E-state index contributed by atoms with van der Waals surface area (Å²) in [5, 5.41) is 22.3. The lowest BCUT2D eigenvalue weighted by Crippen LogP contribution is -2.55. The summed E-state index contributed by atoms with van der Waals surface area (Å²) in [4.78, 5) is 17.7. The minimum absolute atomic E-state index is 0.572. The van der Waals surface area contributed by atoms with Gasteiger partial charge in [-0.05, 0) is 61.4 Å². The van der Waals surface area contributed by atoms with E-state index in [0.29, 0.717) is 12.2 Å². The van der Waals surface area contributed by atoms with Gasteiger partial charge in [-0.3, -0.25) is 10.2 Å². The zero-order valence-electron chi connectivity index (χ0n) is 17.7. The molecule has 8 heteroatoms. The summed E-state index contributed by atoms with van der Waals surface area (Å²) in [6.07, 6.45) is 0.462. The number of hydrogen-bond acceptors (Lipinski definition) is 6. The maximum absolute atomic E-state index is 11.2. The molecule has 0 radical (unpaired) electrons. The predicted octanol–water partition coefficient (Wildman–Crippen LogP) is 2.51. The molecule has 1 amide bonds. The Morgan fingerprint density at radius 3 is 1.94 bits per heavy atom. The molecule has 0 atom stereocenters. The number of nitrogen functional groups attached to an aromatic ring is 1. The van der Waals surface area contributed by atoms with Crippen molar-refractivity contribution < 1.29 is 15.0 Å². The molecular weight excluding hydrogens is 394 g/mol. The Morgan fingerprint density at radius 1 is 0.871 bits per heavy atom. The van der Waals surface area contributed by atoms with Crippen molar-refractivity contribution in [3.05, 3.63) is 48.5 Å². The van der Waals surface area contributed by atoms with E-state index < -0.39 is 11.7 Å². The number of carboxylic acid groups (broad SMARTS) is 1. The van der Waals surface area contributed by atoms with Crippen LogP contribution in [-0.2, 0) is 0 Å². The number of nitrogens with two attached hydrogens (primary N) is 1. The number of hydrogen-bond donors (Lipinski definition) is 4. The van der Waals surface area contributed by atoms with Crippen molar-refractivity contribution in [1.29, 1.82) is 0 Å². The SMILES string of the molecule is Nc1ccc(N2CCC(O)(CN3CCN(c4ccc(NC(=O)O)cc4)CC3)CC2)cc1. The first-order valence-corrected chi connectivity index (χ1v) is 10.8. The van der Waals surface area contributed by atoms with Crippen LogP contribution in [0.5, 0.6) is 0 Å². The Kier molecular flexibility index (Phi) is 6.20. The van der Waals surface area contributed by atoms with Gasteiger partial charge in [-0.25, -0.2) is 4.79 Å². The summed E-state index contributed by atoms with van der Waals surface area (Å²) >= 11 is 0. The zero-order chi connectivity index (χ0) is 21.8. The first-order chi connectivity index (χ1) is 14.9. The number of rotatable bonds is 5. The molecule has 2 aliphatic rings. The number of piperazine rings is 1. The van der Waals surface area contributed by atoms with Crippen molar-refractivity contribution in [2.75, 3.05) is 66.7 Å². The molecule has 0 spiro atoms. The van der Waals surface area contributed by atoms with Crippen LogP contribution in [0.15, 0.2) is 48.5 Å². The summed E-state index contributed by atoms with van der Waals surface area (Å²) in [7, 11) is 0. The average Bonchev–Trinajstić information content (AvgIpc) is 2.76. The van der Waals surface area contributed by atoms with Gasteiger partial charge in [0.15, 0.2) is 0 Å². The number of anilines is 4. The van der Waals surface area contributed by atoms with Gasteiger partial charge in [0.05, 0.1) is 5.60 Å². The Bertz CT molecular complexity index is 871. The van der Waals surface area contributed by atoms with Crippen LogP contribution in [0.2, 0.25) is 0 Å². The molecule has 0 saturated carbocycles. The monoisotopic (exact) mass is 425 g/mol. The second-order valence-electron chi connectivity index (χ2n) is 8.54. The zero-order valence-corrected chi connectivity index (χ0v) is 17.7. The van der Waals surface area contributed by atoms with Crippen LogP contribution in [0.1, 0.15) is 12.8 Å². The fraction of sp³-hybridized carbons (Fsp3) is 0.435. The van der Waals surface area contributed by atoms with Crippen LogP contribution in [0.25, 0.3) is 0 Å². The van der Waals surface area contributed by atoms with Crippen LogP contribution in [0, 0.1) is 0 Å². The number of carbonyl (C=O) groups is 1. The molecule has 0 unspecified atom stereocenters. The van der Waals surface area contributed by atoms with Crippen molar-refractivity contribution in [1.82, 2.24) is 4.90 Å². The minimum Gasteiger partial charge on any atom is -0.465 e. The molecular formula is C23H31N5O3. The molecule has 166 valence electrons. The van der Waals surface area contributed by atoms with Crippen molar-refractivity contribution in [2.45, 2.75) is 18.4 Å². The molecule has 0 bridgehead atoms. The Hall–Kier alpha value is -2.97. The van der Waals surface area contributed by atoms with Gasteiger partial charge < -0.3 is 25.7 Å². The van der Waals surface area contributed by atoms with Crippen molar-refractivity contribution in [3.63, 3.8) is 0 Å². The van der Waals surface area contributed by atoms with Gasteiger partial charge in [-0.15, -0.1) is 0 Å². The van der Waals surface area contributed by atoms with E-state index in [9.17, 15) is 9.90 Å². The number of benzene rings is 2. The molecule has 2 aromatic rings. The third kappa shape index (κ3) is 5.39. The van der Waals surface area contributed by atoms with Gasteiger partial charge in [0.1, 0.15) is 0 Å². The van der Waals surface area contributed by atoms with Crippen LogP contribution in [0.4, 0.5) is 27.5 Å². The van der Waals surface area contributed by atoms with Crippen LogP contribution in [0.3, 0.4) is 0 Å². The highest BCUT2D eigenvalue weighted by molar-refractivity contribution is 5.83. The van der Waals surface area contributed by atoms with Crippen LogP contribution >= 0.6 is 0 Å². The Labute approximate surface area is 182 Å². The number of β-amino-alcohol motifs (C(OH)–C–C–N with tert-alkyl or cyclic N) is 1. The van der Waals surface area contributed by atoms with Crippen molar-refractivity contribution >= 4 is 28.8 Å². The summed E-state index contributed by atoms with van der Waals surface area (Å²) in [5.41, 5.74) is 8.73. The first-order valence-electron chi connectivity index (χ1n) is 10.8. The third-order valence-electron chi connectivity index (χ3n) is 6.33. The standard InChI is InChI=1S/C23H31N5O3/c24-18-1-5-20(6-2-18)27-11-9-23(31,10-12-27)17-26-13-15-28(16-14-26)21-7-3-19(4-8-21)25-22(29)30/h1-8,25,31H,9-17,24H2,(H,29,30). The molecule has 2 aromatic carbocycles. The molecule has 4 rings (SSSR count). The quantitative estimate of drug-likeness (QED) is 0.546. The van der Waals surface area contributed by atoms with Crippen LogP contribution < -0.4 is 20.9 Å². The number of piperidine rings is 1. The minimum atomic E-state index is -1.06. The van der Waals surface area contributed by atoms with E-state index in [-0.39, 0.29) is 0 Å². The fourth-order valence-corrected chi connectivity index (χ4v) is 4.48. The van der Waals surface area contributed by atoms with Gasteiger partial charge >= 0.3 is 6.09 Å². The lowest BCUT2D eigenvalue weighted by atomic mass is 9.90. The number of amides is 1. The lowest BCUT2D eigenvalue weighted by Gasteiger charge is -2.44. The molecule has 2 saturated heterocycles.